The molecule has 0 spiro atoms. The first-order valence-corrected chi connectivity index (χ1v) is 15.2. The first kappa shape index (κ1) is 27.7. The highest BCUT2D eigenvalue weighted by Gasteiger charge is 2.43. The van der Waals surface area contributed by atoms with Gasteiger partial charge in [-0.3, -0.25) is 0 Å². The quantitative estimate of drug-likeness (QED) is 0.223. The third-order valence-electron chi connectivity index (χ3n) is 8.59. The number of alkyl halides is 3. The Hall–Kier alpha value is -3.15. The summed E-state index contributed by atoms with van der Waals surface area (Å²) in [6, 6.07) is 12.6. The second kappa shape index (κ2) is 10.2. The summed E-state index contributed by atoms with van der Waals surface area (Å²) in [5.74, 6) is 0.611. The van der Waals surface area contributed by atoms with E-state index >= 15 is 0 Å². The van der Waals surface area contributed by atoms with E-state index in [0.29, 0.717) is 29.1 Å². The SMILES string of the molecule is CC(C)(O)c1ccc2nc(N3[C@@H]4CC[C@H]3C[C@H](OCc3c(-c5ccccc5OC(F)(F)F)noc3C3CC3)C4)sc2c1. The Balaban J connectivity index is 1.09. The lowest BCUT2D eigenvalue weighted by atomic mass is 9.98. The zero-order valence-corrected chi connectivity index (χ0v) is 24.2. The number of benzene rings is 2. The van der Waals surface area contributed by atoms with E-state index in [1.165, 1.54) is 12.1 Å². The summed E-state index contributed by atoms with van der Waals surface area (Å²) in [5, 5.41) is 15.6. The standard InChI is InChI=1S/C31H32F3N3O4S/c1-30(2,38)18-9-12-24-26(13-18)42-29(35-24)37-19-10-11-20(37)15-21(14-19)39-16-23-27(36-41-28(23)17-7-8-17)22-5-3-4-6-25(22)40-31(32,33)34/h3-6,9,12-13,17,19-21,38H,7-8,10-11,14-16H2,1-2H3/t19-,20+,21-. The largest absolute Gasteiger partial charge is 0.573 e. The highest BCUT2D eigenvalue weighted by molar-refractivity contribution is 7.22. The molecule has 1 saturated carbocycles. The fourth-order valence-corrected chi connectivity index (χ4v) is 7.54. The number of halogens is 3. The summed E-state index contributed by atoms with van der Waals surface area (Å²) < 4.78 is 56.9. The van der Waals surface area contributed by atoms with Crippen LogP contribution in [0.3, 0.4) is 0 Å². The minimum Gasteiger partial charge on any atom is -0.405 e. The maximum Gasteiger partial charge on any atom is 0.573 e. The fourth-order valence-electron chi connectivity index (χ4n) is 6.40. The average molecular weight is 600 g/mol. The number of aromatic nitrogens is 2. The van der Waals surface area contributed by atoms with Gasteiger partial charge >= 0.3 is 6.36 Å². The number of rotatable bonds is 8. The van der Waals surface area contributed by atoms with Crippen molar-refractivity contribution in [3.8, 4) is 17.0 Å². The van der Waals surface area contributed by atoms with E-state index in [-0.39, 0.29) is 29.9 Å². The van der Waals surface area contributed by atoms with Crippen LogP contribution in [0.25, 0.3) is 21.5 Å². The number of aliphatic hydroxyl groups is 1. The van der Waals surface area contributed by atoms with Gasteiger partial charge in [0, 0.05) is 29.1 Å². The van der Waals surface area contributed by atoms with Crippen LogP contribution in [0.5, 0.6) is 5.75 Å². The zero-order valence-electron chi connectivity index (χ0n) is 23.4. The molecule has 2 bridgehead atoms. The van der Waals surface area contributed by atoms with Gasteiger partial charge in [0.05, 0.1) is 28.5 Å². The third kappa shape index (κ3) is 5.38. The second-order valence-corrected chi connectivity index (χ2v) is 13.1. The van der Waals surface area contributed by atoms with Crippen molar-refractivity contribution in [2.45, 2.75) is 95.0 Å². The molecule has 7 nitrogen and oxygen atoms in total. The summed E-state index contributed by atoms with van der Waals surface area (Å²) in [7, 11) is 0. The topological polar surface area (TPSA) is 80.9 Å². The summed E-state index contributed by atoms with van der Waals surface area (Å²) in [5.41, 5.74) is 2.18. The molecular weight excluding hydrogens is 567 g/mol. The highest BCUT2D eigenvalue weighted by atomic mass is 32.1. The van der Waals surface area contributed by atoms with Crippen LogP contribution in [0.1, 0.15) is 75.2 Å². The molecule has 4 aromatic rings. The molecule has 222 valence electrons. The second-order valence-electron chi connectivity index (χ2n) is 12.1. The fraction of sp³-hybridized carbons (Fsp3) is 0.484. The van der Waals surface area contributed by atoms with Gasteiger partial charge in [0.15, 0.2) is 5.13 Å². The molecule has 0 unspecified atom stereocenters. The van der Waals surface area contributed by atoms with Crippen LogP contribution in [-0.4, -0.2) is 39.8 Å². The minimum atomic E-state index is -4.82. The molecule has 0 radical (unpaired) electrons. The maximum absolute atomic E-state index is 13.1. The van der Waals surface area contributed by atoms with Crippen LogP contribution >= 0.6 is 11.3 Å². The van der Waals surface area contributed by atoms with Crippen molar-refractivity contribution in [1.82, 2.24) is 10.1 Å². The highest BCUT2D eigenvalue weighted by Crippen LogP contribution is 2.47. The van der Waals surface area contributed by atoms with E-state index < -0.39 is 12.0 Å². The molecule has 3 fully saturated rings. The maximum atomic E-state index is 13.1. The molecule has 42 heavy (non-hydrogen) atoms. The summed E-state index contributed by atoms with van der Waals surface area (Å²) >= 11 is 1.66. The molecule has 2 aromatic carbocycles. The lowest BCUT2D eigenvalue weighted by Crippen LogP contribution is -2.45. The first-order chi connectivity index (χ1) is 20.0. The molecule has 11 heteroatoms. The van der Waals surface area contributed by atoms with Gasteiger partial charge in [-0.15, -0.1) is 13.2 Å². The van der Waals surface area contributed by atoms with Crippen LogP contribution in [0, 0.1) is 0 Å². The smallest absolute Gasteiger partial charge is 0.405 e. The number of ether oxygens (including phenoxy) is 2. The van der Waals surface area contributed by atoms with Gasteiger partial charge in [-0.25, -0.2) is 4.98 Å². The number of fused-ring (bicyclic) bond motifs is 3. The predicted molar refractivity (Wildman–Crippen MR) is 153 cm³/mol. The van der Waals surface area contributed by atoms with Gasteiger partial charge in [0.25, 0.3) is 0 Å². The van der Waals surface area contributed by atoms with Crippen molar-refractivity contribution in [2.75, 3.05) is 4.90 Å². The lowest BCUT2D eigenvalue weighted by molar-refractivity contribution is -0.274. The van der Waals surface area contributed by atoms with Crippen molar-refractivity contribution >= 4 is 26.7 Å². The van der Waals surface area contributed by atoms with E-state index in [2.05, 4.69) is 14.8 Å². The van der Waals surface area contributed by atoms with E-state index in [4.69, 9.17) is 14.2 Å². The van der Waals surface area contributed by atoms with Gasteiger partial charge in [0.1, 0.15) is 17.2 Å². The molecule has 3 atom stereocenters. The Bertz CT molecular complexity index is 1590. The summed E-state index contributed by atoms with van der Waals surface area (Å²) in [4.78, 5) is 7.38. The Morgan fingerprint density at radius 2 is 1.79 bits per heavy atom. The Morgan fingerprint density at radius 1 is 1.05 bits per heavy atom. The molecule has 2 aromatic heterocycles. The van der Waals surface area contributed by atoms with Crippen LogP contribution in [0.4, 0.5) is 18.3 Å². The Kier molecular flexibility index (Phi) is 6.75. The van der Waals surface area contributed by atoms with Crippen molar-refractivity contribution in [2.24, 2.45) is 0 Å². The lowest BCUT2D eigenvalue weighted by Gasteiger charge is -2.38. The predicted octanol–water partition coefficient (Wildman–Crippen LogP) is 7.67. The number of nitrogens with zero attached hydrogens (tertiary/aromatic N) is 3. The Morgan fingerprint density at radius 3 is 2.48 bits per heavy atom. The van der Waals surface area contributed by atoms with Crippen molar-refractivity contribution in [1.29, 1.82) is 0 Å². The van der Waals surface area contributed by atoms with Crippen molar-refractivity contribution < 1.29 is 32.3 Å². The molecular formula is C31H32F3N3O4S. The molecule has 1 N–H and O–H groups in total. The molecule has 4 heterocycles. The molecule has 2 aliphatic heterocycles. The monoisotopic (exact) mass is 599 g/mol. The van der Waals surface area contributed by atoms with Crippen LogP contribution in [-0.2, 0) is 16.9 Å². The van der Waals surface area contributed by atoms with Gasteiger partial charge in [0.2, 0.25) is 0 Å². The summed E-state index contributed by atoms with van der Waals surface area (Å²) in [6.07, 6.45) is 0.917. The van der Waals surface area contributed by atoms with Crippen molar-refractivity contribution in [3.63, 3.8) is 0 Å². The minimum absolute atomic E-state index is 0.00592. The Labute approximate surface area is 245 Å². The van der Waals surface area contributed by atoms with E-state index in [9.17, 15) is 18.3 Å². The zero-order chi connectivity index (χ0) is 29.2. The van der Waals surface area contributed by atoms with Gasteiger partial charge < -0.3 is 24.0 Å². The number of hydrogen-bond donors (Lipinski definition) is 1. The number of anilines is 1. The van der Waals surface area contributed by atoms with Gasteiger partial charge in [-0.2, -0.15) is 0 Å². The van der Waals surface area contributed by atoms with Crippen LogP contribution < -0.4 is 9.64 Å². The van der Waals surface area contributed by atoms with Gasteiger partial charge in [-0.05, 0) is 82.2 Å². The number of thiazole rings is 1. The van der Waals surface area contributed by atoms with E-state index in [1.807, 2.05) is 18.2 Å². The van der Waals surface area contributed by atoms with Gasteiger partial charge in [-0.1, -0.05) is 34.7 Å². The third-order valence-corrected chi connectivity index (χ3v) is 9.62. The van der Waals surface area contributed by atoms with Crippen molar-refractivity contribution in [3.05, 3.63) is 59.4 Å². The molecule has 7 rings (SSSR count). The number of piperidine rings is 1. The van der Waals surface area contributed by atoms with Crippen LogP contribution in [0.15, 0.2) is 47.0 Å². The number of hydrogen-bond acceptors (Lipinski definition) is 8. The van der Waals surface area contributed by atoms with E-state index in [0.717, 1.165) is 59.4 Å². The molecule has 3 aliphatic rings. The normalized spacial score (nSPS) is 22.7. The summed E-state index contributed by atoms with van der Waals surface area (Å²) in [6.45, 7) is 3.79. The number of para-hydroxylation sites is 1. The molecule has 1 aliphatic carbocycles. The first-order valence-electron chi connectivity index (χ1n) is 14.4. The molecule has 2 saturated heterocycles. The molecule has 0 amide bonds. The van der Waals surface area contributed by atoms with Crippen LogP contribution in [0.2, 0.25) is 0 Å². The van der Waals surface area contributed by atoms with E-state index in [1.54, 1.807) is 37.3 Å². The average Bonchev–Trinajstić information content (AvgIpc) is 3.44.